The van der Waals surface area contributed by atoms with Gasteiger partial charge in [-0.05, 0) is 30.3 Å². The first-order valence-electron chi connectivity index (χ1n) is 5.66. The number of halogens is 2. The Bertz CT molecular complexity index is 689. The molecule has 0 fully saturated rings. The number of rotatable bonds is 5. The summed E-state index contributed by atoms with van der Waals surface area (Å²) in [5.41, 5.74) is 0.510. The molecule has 0 saturated heterocycles. The van der Waals surface area contributed by atoms with Crippen LogP contribution < -0.4 is 5.32 Å². The quantitative estimate of drug-likeness (QED) is 0.751. The molecular weight excluding hydrogens is 382 g/mol. The molecule has 5 nitrogen and oxygen atoms in total. The van der Waals surface area contributed by atoms with E-state index >= 15 is 0 Å². The van der Waals surface area contributed by atoms with E-state index in [1.807, 2.05) is 0 Å². The zero-order chi connectivity index (χ0) is 15.4. The number of carboxylic acids is 1. The topological polar surface area (TPSA) is 79.5 Å². The third-order valence-electron chi connectivity index (χ3n) is 2.34. The van der Waals surface area contributed by atoms with Crippen LogP contribution in [-0.4, -0.2) is 22.7 Å². The van der Waals surface area contributed by atoms with E-state index in [1.165, 1.54) is 12.1 Å². The van der Waals surface area contributed by atoms with Crippen molar-refractivity contribution in [3.63, 3.8) is 0 Å². The molecule has 110 valence electrons. The lowest BCUT2D eigenvalue weighted by Gasteiger charge is -2.06. The highest BCUT2D eigenvalue weighted by Gasteiger charge is 2.11. The summed E-state index contributed by atoms with van der Waals surface area (Å²) in [6, 6.07) is 7.98. The van der Waals surface area contributed by atoms with Gasteiger partial charge < -0.3 is 14.8 Å². The second-order valence-corrected chi connectivity index (χ2v) is 6.19. The predicted octanol–water partition coefficient (Wildman–Crippen LogP) is 4.12. The van der Waals surface area contributed by atoms with Crippen molar-refractivity contribution in [1.82, 2.24) is 0 Å². The van der Waals surface area contributed by atoms with Crippen LogP contribution in [0.1, 0.15) is 10.6 Å². The van der Waals surface area contributed by atoms with Gasteiger partial charge in [0.15, 0.2) is 5.09 Å². The molecule has 0 saturated carbocycles. The third kappa shape index (κ3) is 4.52. The van der Waals surface area contributed by atoms with Gasteiger partial charge in [0.2, 0.25) is 11.7 Å². The smallest absolute Gasteiger partial charge is 0.371 e. The fourth-order valence-corrected chi connectivity index (χ4v) is 2.81. The van der Waals surface area contributed by atoms with Crippen LogP contribution in [0.2, 0.25) is 5.02 Å². The van der Waals surface area contributed by atoms with Crippen molar-refractivity contribution in [1.29, 1.82) is 0 Å². The summed E-state index contributed by atoms with van der Waals surface area (Å²) >= 11 is 10.4. The Morgan fingerprint density at radius 2 is 2.10 bits per heavy atom. The molecular formula is C13H9BrClNO4S. The third-order valence-corrected chi connectivity index (χ3v) is 4.06. The van der Waals surface area contributed by atoms with Crippen LogP contribution in [0.5, 0.6) is 0 Å². The molecule has 0 unspecified atom stereocenters. The summed E-state index contributed by atoms with van der Waals surface area (Å²) < 4.78 is 5.85. The van der Waals surface area contributed by atoms with Crippen molar-refractivity contribution in [2.45, 2.75) is 5.09 Å². The van der Waals surface area contributed by atoms with Gasteiger partial charge in [-0.3, -0.25) is 4.79 Å². The van der Waals surface area contributed by atoms with Crippen molar-refractivity contribution in [3.8, 4) is 0 Å². The highest BCUT2D eigenvalue weighted by atomic mass is 79.9. The van der Waals surface area contributed by atoms with E-state index in [0.717, 1.165) is 16.2 Å². The fourth-order valence-electron chi connectivity index (χ4n) is 1.43. The Kier molecular flexibility index (Phi) is 5.33. The van der Waals surface area contributed by atoms with E-state index in [1.54, 1.807) is 18.2 Å². The molecule has 0 radical (unpaired) electrons. The monoisotopic (exact) mass is 389 g/mol. The van der Waals surface area contributed by atoms with Crippen LogP contribution >= 0.6 is 39.3 Å². The first-order chi connectivity index (χ1) is 9.95. The minimum Gasteiger partial charge on any atom is -0.475 e. The number of aromatic carboxylic acids is 1. The van der Waals surface area contributed by atoms with Crippen molar-refractivity contribution in [2.75, 3.05) is 11.1 Å². The van der Waals surface area contributed by atoms with Gasteiger partial charge in [0.1, 0.15) is 0 Å². The molecule has 2 N–H and O–H groups in total. The number of furan rings is 1. The van der Waals surface area contributed by atoms with Gasteiger partial charge in [-0.2, -0.15) is 0 Å². The standard InChI is InChI=1S/C13H9BrClNO4S/c14-7-1-2-9(8(15)5-7)16-11(17)6-21-12-4-3-10(20-12)13(18)19/h1-5H,6H2,(H,16,17)(H,18,19). The van der Waals surface area contributed by atoms with Crippen LogP contribution in [0.15, 0.2) is 44.3 Å². The molecule has 1 aromatic carbocycles. The fraction of sp³-hybridized carbons (Fsp3) is 0.0769. The van der Waals surface area contributed by atoms with E-state index in [9.17, 15) is 9.59 Å². The molecule has 8 heteroatoms. The number of hydrogen-bond donors (Lipinski definition) is 2. The van der Waals surface area contributed by atoms with E-state index in [0.29, 0.717) is 15.8 Å². The average molecular weight is 391 g/mol. The predicted molar refractivity (Wildman–Crippen MR) is 84.2 cm³/mol. The first kappa shape index (κ1) is 15.9. The summed E-state index contributed by atoms with van der Waals surface area (Å²) in [5, 5.41) is 12.2. The Labute approximate surface area is 137 Å². The van der Waals surface area contributed by atoms with Gasteiger partial charge >= 0.3 is 5.97 Å². The van der Waals surface area contributed by atoms with E-state index < -0.39 is 5.97 Å². The van der Waals surface area contributed by atoms with Crippen molar-refractivity contribution in [3.05, 3.63) is 45.6 Å². The molecule has 0 aliphatic heterocycles. The zero-order valence-electron chi connectivity index (χ0n) is 10.4. The largest absolute Gasteiger partial charge is 0.475 e. The van der Waals surface area contributed by atoms with E-state index in [2.05, 4.69) is 21.2 Å². The Morgan fingerprint density at radius 1 is 1.33 bits per heavy atom. The van der Waals surface area contributed by atoms with Gasteiger partial charge in [0, 0.05) is 4.47 Å². The number of carbonyl (C=O) groups excluding carboxylic acids is 1. The van der Waals surface area contributed by atoms with Crippen molar-refractivity contribution in [2.24, 2.45) is 0 Å². The molecule has 2 aromatic rings. The molecule has 0 aliphatic rings. The maximum Gasteiger partial charge on any atom is 0.371 e. The summed E-state index contributed by atoms with van der Waals surface area (Å²) in [7, 11) is 0. The lowest BCUT2D eigenvalue weighted by atomic mass is 10.3. The van der Waals surface area contributed by atoms with Gasteiger partial charge in [0.05, 0.1) is 16.5 Å². The minimum absolute atomic E-state index is 0.0823. The second-order valence-electron chi connectivity index (χ2n) is 3.88. The summed E-state index contributed by atoms with van der Waals surface area (Å²) in [5.74, 6) is -1.49. The highest BCUT2D eigenvalue weighted by Crippen LogP contribution is 2.26. The first-order valence-corrected chi connectivity index (χ1v) is 7.82. The molecule has 0 atom stereocenters. The van der Waals surface area contributed by atoms with Crippen LogP contribution in [0.25, 0.3) is 0 Å². The summed E-state index contributed by atoms with van der Waals surface area (Å²) in [4.78, 5) is 22.5. The molecule has 1 aromatic heterocycles. The lowest BCUT2D eigenvalue weighted by Crippen LogP contribution is -2.14. The second kappa shape index (κ2) is 7.02. The van der Waals surface area contributed by atoms with Crippen LogP contribution in [0.3, 0.4) is 0 Å². The number of amides is 1. The van der Waals surface area contributed by atoms with Crippen LogP contribution in [0.4, 0.5) is 5.69 Å². The number of nitrogens with one attached hydrogen (secondary N) is 1. The summed E-state index contributed by atoms with van der Waals surface area (Å²) in [6.45, 7) is 0. The van der Waals surface area contributed by atoms with Crippen LogP contribution in [-0.2, 0) is 4.79 Å². The number of thioether (sulfide) groups is 1. The molecule has 1 heterocycles. The number of anilines is 1. The summed E-state index contributed by atoms with van der Waals surface area (Å²) in [6.07, 6.45) is 0. The lowest BCUT2D eigenvalue weighted by molar-refractivity contribution is -0.113. The van der Waals surface area contributed by atoms with Gasteiger partial charge in [-0.25, -0.2) is 4.79 Å². The average Bonchev–Trinajstić information content (AvgIpc) is 2.89. The van der Waals surface area contributed by atoms with Gasteiger partial charge in [0.25, 0.3) is 0 Å². The minimum atomic E-state index is -1.15. The normalized spacial score (nSPS) is 10.4. The Balaban J connectivity index is 1.91. The number of carbonyl (C=O) groups is 2. The van der Waals surface area contributed by atoms with Gasteiger partial charge in [-0.15, -0.1) is 0 Å². The van der Waals surface area contributed by atoms with E-state index in [4.69, 9.17) is 21.1 Å². The van der Waals surface area contributed by atoms with Crippen LogP contribution in [0, 0.1) is 0 Å². The van der Waals surface area contributed by atoms with Gasteiger partial charge in [-0.1, -0.05) is 39.3 Å². The highest BCUT2D eigenvalue weighted by molar-refractivity contribution is 9.10. The Morgan fingerprint density at radius 3 is 2.71 bits per heavy atom. The zero-order valence-corrected chi connectivity index (χ0v) is 13.6. The molecule has 2 rings (SSSR count). The molecule has 0 bridgehead atoms. The molecule has 0 spiro atoms. The number of hydrogen-bond acceptors (Lipinski definition) is 4. The van der Waals surface area contributed by atoms with Crippen molar-refractivity contribution < 1.29 is 19.1 Å². The number of benzene rings is 1. The van der Waals surface area contributed by atoms with Crippen molar-refractivity contribution >= 4 is 56.9 Å². The SMILES string of the molecule is O=C(CSc1ccc(C(=O)O)o1)Nc1ccc(Br)cc1Cl. The molecule has 0 aliphatic carbocycles. The van der Waals surface area contributed by atoms with E-state index in [-0.39, 0.29) is 17.4 Å². The maximum absolute atomic E-state index is 11.8. The maximum atomic E-state index is 11.8. The Hall–Kier alpha value is -1.44. The number of carboxylic acid groups (broad SMARTS) is 1. The molecule has 21 heavy (non-hydrogen) atoms. The molecule has 1 amide bonds.